The quantitative estimate of drug-likeness (QED) is 0.401. The van der Waals surface area contributed by atoms with Crippen molar-refractivity contribution >= 4 is 34.9 Å². The Hall–Kier alpha value is -1.09. The molecule has 9 heteroatoms. The van der Waals surface area contributed by atoms with Gasteiger partial charge in [-0.1, -0.05) is 23.2 Å². The van der Waals surface area contributed by atoms with Crippen LogP contribution in [0.3, 0.4) is 0 Å². The maximum Gasteiger partial charge on any atom is 0.321 e. The Labute approximate surface area is 157 Å². The van der Waals surface area contributed by atoms with Gasteiger partial charge in [0.25, 0.3) is 0 Å². The van der Waals surface area contributed by atoms with Crippen molar-refractivity contribution in [1.29, 1.82) is 0 Å². The molecule has 0 radical (unpaired) electrons. The zero-order valence-corrected chi connectivity index (χ0v) is 15.6. The van der Waals surface area contributed by atoms with Gasteiger partial charge in [-0.05, 0) is 50.9 Å². The molecule has 2 rings (SSSR count). The van der Waals surface area contributed by atoms with Crippen molar-refractivity contribution in [2.24, 2.45) is 0 Å². The highest BCUT2D eigenvalue weighted by atomic mass is 35.5. The first-order valence-electron chi connectivity index (χ1n) is 8.37. The lowest BCUT2D eigenvalue weighted by atomic mass is 10.1. The SMILES string of the molecule is CC1CC(NCCCCO)NC(NC(=O)Nc2ccc(Cl)c(Cl)c2)N1. The number of aliphatic hydroxyl groups is 1. The standard InChI is InChI=1S/C16H25Cl2N5O2/c1-10-8-14(19-6-2-3-7-24)22-15(20-10)23-16(25)21-11-4-5-12(17)13(18)9-11/h4-5,9-10,14-15,19-20,22,24H,2-3,6-8H2,1H3,(H2,21,23,25). The van der Waals surface area contributed by atoms with E-state index in [9.17, 15) is 4.79 Å². The minimum Gasteiger partial charge on any atom is -0.396 e. The second-order valence-electron chi connectivity index (χ2n) is 6.07. The lowest BCUT2D eigenvalue weighted by Gasteiger charge is -2.36. The van der Waals surface area contributed by atoms with Crippen LogP contribution in [0.1, 0.15) is 26.2 Å². The maximum absolute atomic E-state index is 12.2. The first kappa shape index (κ1) is 20.2. The Morgan fingerprint density at radius 1 is 1.28 bits per heavy atom. The highest BCUT2D eigenvalue weighted by molar-refractivity contribution is 6.42. The van der Waals surface area contributed by atoms with E-state index in [4.69, 9.17) is 28.3 Å². The minimum absolute atomic E-state index is 0.0882. The molecule has 3 atom stereocenters. The van der Waals surface area contributed by atoms with Gasteiger partial charge >= 0.3 is 6.03 Å². The van der Waals surface area contributed by atoms with Crippen LogP contribution in [0.25, 0.3) is 0 Å². The van der Waals surface area contributed by atoms with E-state index in [1.54, 1.807) is 18.2 Å². The Morgan fingerprint density at radius 3 is 2.80 bits per heavy atom. The number of halogens is 2. The van der Waals surface area contributed by atoms with Gasteiger partial charge < -0.3 is 21.1 Å². The summed E-state index contributed by atoms with van der Waals surface area (Å²) < 4.78 is 0. The van der Waals surface area contributed by atoms with Crippen LogP contribution in [-0.2, 0) is 0 Å². The molecule has 0 bridgehead atoms. The van der Waals surface area contributed by atoms with E-state index in [0.717, 1.165) is 25.8 Å². The lowest BCUT2D eigenvalue weighted by Crippen LogP contribution is -2.67. The van der Waals surface area contributed by atoms with Gasteiger partial charge in [-0.3, -0.25) is 10.6 Å². The van der Waals surface area contributed by atoms with Crippen LogP contribution in [0, 0.1) is 0 Å². The number of urea groups is 1. The summed E-state index contributed by atoms with van der Waals surface area (Å²) in [7, 11) is 0. The van der Waals surface area contributed by atoms with E-state index in [0.29, 0.717) is 15.7 Å². The third kappa shape index (κ3) is 6.97. The monoisotopic (exact) mass is 389 g/mol. The van der Waals surface area contributed by atoms with E-state index >= 15 is 0 Å². The highest BCUT2D eigenvalue weighted by Crippen LogP contribution is 2.24. The number of hydrogen-bond donors (Lipinski definition) is 6. The molecular formula is C16H25Cl2N5O2. The number of benzene rings is 1. The summed E-state index contributed by atoms with van der Waals surface area (Å²) in [5.41, 5.74) is 0.564. The number of anilines is 1. The Morgan fingerprint density at radius 2 is 2.08 bits per heavy atom. The molecule has 1 saturated heterocycles. The van der Waals surface area contributed by atoms with Crippen molar-refractivity contribution in [3.8, 4) is 0 Å². The molecule has 0 aliphatic carbocycles. The molecule has 0 spiro atoms. The van der Waals surface area contributed by atoms with Crippen LogP contribution < -0.4 is 26.6 Å². The number of amides is 2. The van der Waals surface area contributed by atoms with Crippen LogP contribution in [-0.4, -0.2) is 42.8 Å². The van der Waals surface area contributed by atoms with Crippen molar-refractivity contribution in [2.75, 3.05) is 18.5 Å². The predicted molar refractivity (Wildman–Crippen MR) is 101 cm³/mol. The molecule has 1 aromatic rings. The molecule has 3 unspecified atom stereocenters. The number of nitrogens with one attached hydrogen (secondary N) is 5. The Balaban J connectivity index is 1.81. The fourth-order valence-corrected chi connectivity index (χ4v) is 2.93. The fourth-order valence-electron chi connectivity index (χ4n) is 2.63. The van der Waals surface area contributed by atoms with Crippen LogP contribution in [0.15, 0.2) is 18.2 Å². The molecule has 25 heavy (non-hydrogen) atoms. The molecule has 140 valence electrons. The second kappa shape index (κ2) is 10.2. The molecule has 0 aromatic heterocycles. The zero-order chi connectivity index (χ0) is 18.2. The number of hydrogen-bond acceptors (Lipinski definition) is 5. The van der Waals surface area contributed by atoms with Crippen molar-refractivity contribution < 1.29 is 9.90 Å². The number of aliphatic hydroxyl groups excluding tert-OH is 1. The van der Waals surface area contributed by atoms with Gasteiger partial charge in [-0.25, -0.2) is 4.79 Å². The Kier molecular flexibility index (Phi) is 8.21. The number of rotatable bonds is 7. The molecule has 1 aromatic carbocycles. The molecule has 2 amide bonds. The van der Waals surface area contributed by atoms with E-state index in [-0.39, 0.29) is 31.1 Å². The van der Waals surface area contributed by atoms with E-state index in [1.807, 2.05) is 0 Å². The molecular weight excluding hydrogens is 365 g/mol. The smallest absolute Gasteiger partial charge is 0.321 e. The van der Waals surface area contributed by atoms with Gasteiger partial charge in [0.05, 0.1) is 16.2 Å². The summed E-state index contributed by atoms with van der Waals surface area (Å²) in [6, 6.07) is 4.80. The summed E-state index contributed by atoms with van der Waals surface area (Å²) in [5, 5.41) is 25.2. The summed E-state index contributed by atoms with van der Waals surface area (Å²) in [4.78, 5) is 12.2. The third-order valence-electron chi connectivity index (χ3n) is 3.84. The van der Waals surface area contributed by atoms with Gasteiger partial charge in [0.1, 0.15) is 6.29 Å². The van der Waals surface area contributed by atoms with Gasteiger partial charge in [0, 0.05) is 18.3 Å². The molecule has 1 aliphatic heterocycles. The molecule has 1 fully saturated rings. The van der Waals surface area contributed by atoms with Crippen LogP contribution in [0.4, 0.5) is 10.5 Å². The largest absolute Gasteiger partial charge is 0.396 e. The summed E-state index contributed by atoms with van der Waals surface area (Å²) >= 11 is 11.8. The van der Waals surface area contributed by atoms with E-state index in [1.165, 1.54) is 0 Å². The van der Waals surface area contributed by atoms with Crippen LogP contribution >= 0.6 is 23.2 Å². The number of carbonyl (C=O) groups excluding carboxylic acids is 1. The first-order chi connectivity index (χ1) is 12.0. The molecule has 1 aliphatic rings. The predicted octanol–water partition coefficient (Wildman–Crippen LogP) is 2.06. The van der Waals surface area contributed by atoms with Crippen molar-refractivity contribution in [2.45, 2.75) is 44.7 Å². The average Bonchev–Trinajstić information content (AvgIpc) is 2.54. The lowest BCUT2D eigenvalue weighted by molar-refractivity contribution is 0.192. The van der Waals surface area contributed by atoms with Gasteiger partial charge in [-0.15, -0.1) is 0 Å². The molecule has 7 nitrogen and oxygen atoms in total. The first-order valence-corrected chi connectivity index (χ1v) is 9.12. The Bertz CT molecular complexity index is 575. The molecule has 0 saturated carbocycles. The van der Waals surface area contributed by atoms with Crippen LogP contribution in [0.5, 0.6) is 0 Å². The highest BCUT2D eigenvalue weighted by Gasteiger charge is 2.25. The third-order valence-corrected chi connectivity index (χ3v) is 4.58. The summed E-state index contributed by atoms with van der Waals surface area (Å²) in [6.07, 6.45) is 2.31. The van der Waals surface area contributed by atoms with E-state index in [2.05, 4.69) is 33.5 Å². The van der Waals surface area contributed by atoms with Crippen LogP contribution in [0.2, 0.25) is 10.0 Å². The topological polar surface area (TPSA) is 97.5 Å². The van der Waals surface area contributed by atoms with Gasteiger partial charge in [0.2, 0.25) is 0 Å². The summed E-state index contributed by atoms with van der Waals surface area (Å²) in [5.74, 6) is 0. The maximum atomic E-state index is 12.2. The van der Waals surface area contributed by atoms with E-state index < -0.39 is 0 Å². The molecule has 1 heterocycles. The minimum atomic E-state index is -0.359. The van der Waals surface area contributed by atoms with Crippen molar-refractivity contribution in [1.82, 2.24) is 21.3 Å². The number of unbranched alkanes of at least 4 members (excludes halogenated alkanes) is 1. The normalized spacial score (nSPS) is 23.3. The van der Waals surface area contributed by atoms with Gasteiger partial charge in [-0.2, -0.15) is 0 Å². The second-order valence-corrected chi connectivity index (χ2v) is 6.88. The zero-order valence-electron chi connectivity index (χ0n) is 14.1. The summed E-state index contributed by atoms with van der Waals surface area (Å²) in [6.45, 7) is 3.08. The fraction of sp³-hybridized carbons (Fsp3) is 0.562. The van der Waals surface area contributed by atoms with Crippen molar-refractivity contribution in [3.05, 3.63) is 28.2 Å². The average molecular weight is 390 g/mol. The number of carbonyl (C=O) groups is 1. The van der Waals surface area contributed by atoms with Crippen molar-refractivity contribution in [3.63, 3.8) is 0 Å². The van der Waals surface area contributed by atoms with Gasteiger partial charge in [0.15, 0.2) is 0 Å². The molecule has 6 N–H and O–H groups in total.